The molecule has 1 unspecified atom stereocenters. The quantitative estimate of drug-likeness (QED) is 0.490. The SMILES string of the molecule is CCc1cc(=O)n2[nH]c(C3CCCN3C(=O)CCCn3cnc4ccccc4c3=O)cc2n1. The van der Waals surface area contributed by atoms with Crippen LogP contribution in [-0.4, -0.2) is 41.5 Å². The van der Waals surface area contributed by atoms with Crippen molar-refractivity contribution >= 4 is 22.5 Å². The first-order valence-corrected chi connectivity index (χ1v) is 11.4. The highest BCUT2D eigenvalue weighted by molar-refractivity contribution is 5.77. The maximum Gasteiger partial charge on any atom is 0.272 e. The Labute approximate surface area is 189 Å². The molecule has 1 N–H and O–H groups in total. The number of aryl methyl sites for hydroxylation is 2. The van der Waals surface area contributed by atoms with Crippen LogP contribution < -0.4 is 11.1 Å². The van der Waals surface area contributed by atoms with E-state index in [9.17, 15) is 14.4 Å². The first kappa shape index (κ1) is 21.1. The molecule has 9 heteroatoms. The molecule has 1 amide bonds. The lowest BCUT2D eigenvalue weighted by molar-refractivity contribution is -0.132. The van der Waals surface area contributed by atoms with Crippen molar-refractivity contribution in [2.24, 2.45) is 0 Å². The third-order valence-electron chi connectivity index (χ3n) is 6.34. The number of H-pyrrole nitrogens is 1. The van der Waals surface area contributed by atoms with Gasteiger partial charge in [0.1, 0.15) is 0 Å². The van der Waals surface area contributed by atoms with E-state index in [1.807, 2.05) is 36.1 Å². The molecule has 1 saturated heterocycles. The van der Waals surface area contributed by atoms with E-state index in [-0.39, 0.29) is 23.1 Å². The lowest BCUT2D eigenvalue weighted by atomic mass is 10.1. The Kier molecular flexibility index (Phi) is 5.53. The molecule has 1 atom stereocenters. The number of benzene rings is 1. The fourth-order valence-electron chi connectivity index (χ4n) is 4.61. The number of carbonyl (C=O) groups is 1. The second-order valence-corrected chi connectivity index (χ2v) is 8.45. The second kappa shape index (κ2) is 8.65. The van der Waals surface area contributed by atoms with Gasteiger partial charge >= 0.3 is 0 Å². The molecule has 4 aromatic rings. The van der Waals surface area contributed by atoms with Gasteiger partial charge in [0.25, 0.3) is 11.1 Å². The Morgan fingerprint density at radius 2 is 2.06 bits per heavy atom. The summed E-state index contributed by atoms with van der Waals surface area (Å²) in [5.41, 5.74) is 2.60. The number of aromatic nitrogens is 5. The fraction of sp³-hybridized carbons (Fsp3) is 0.375. The Morgan fingerprint density at radius 3 is 2.91 bits per heavy atom. The summed E-state index contributed by atoms with van der Waals surface area (Å²) in [5, 5.41) is 3.73. The molecule has 0 aliphatic carbocycles. The van der Waals surface area contributed by atoms with Gasteiger partial charge in [0, 0.05) is 37.3 Å². The summed E-state index contributed by atoms with van der Waals surface area (Å²) in [6.07, 6.45) is 4.87. The summed E-state index contributed by atoms with van der Waals surface area (Å²) in [5.74, 6) is 0.0486. The molecule has 0 saturated carbocycles. The van der Waals surface area contributed by atoms with Gasteiger partial charge in [-0.05, 0) is 37.8 Å². The van der Waals surface area contributed by atoms with Crippen LogP contribution in [0.15, 0.2) is 52.3 Å². The highest BCUT2D eigenvalue weighted by Crippen LogP contribution is 2.32. The molecular weight excluding hydrogens is 420 g/mol. The Bertz CT molecular complexity index is 1450. The van der Waals surface area contributed by atoms with Crippen LogP contribution in [0.5, 0.6) is 0 Å². The topological polar surface area (TPSA) is 105 Å². The van der Waals surface area contributed by atoms with Crippen molar-refractivity contribution in [3.63, 3.8) is 0 Å². The van der Waals surface area contributed by atoms with Gasteiger partial charge in [0.15, 0.2) is 5.65 Å². The summed E-state index contributed by atoms with van der Waals surface area (Å²) >= 11 is 0. The number of nitrogens with zero attached hydrogens (tertiary/aromatic N) is 5. The number of hydrogen-bond donors (Lipinski definition) is 1. The van der Waals surface area contributed by atoms with Crippen LogP contribution in [0.1, 0.15) is 50.0 Å². The van der Waals surface area contributed by atoms with Gasteiger partial charge in [0.05, 0.1) is 29.0 Å². The van der Waals surface area contributed by atoms with Gasteiger partial charge in [-0.15, -0.1) is 0 Å². The smallest absolute Gasteiger partial charge is 0.272 e. The van der Waals surface area contributed by atoms with Crippen molar-refractivity contribution in [3.05, 3.63) is 74.8 Å². The normalized spacial score (nSPS) is 16.2. The summed E-state index contributed by atoms with van der Waals surface area (Å²) in [6.45, 7) is 3.08. The van der Waals surface area contributed by atoms with Crippen LogP contribution in [0, 0.1) is 0 Å². The molecule has 170 valence electrons. The number of amides is 1. The standard InChI is InChI=1S/C24H26N6O3/c1-2-16-13-23(32)30-21(26-16)14-19(27-30)20-9-5-12-29(20)22(31)10-6-11-28-15-25-18-8-4-3-7-17(18)24(28)33/h3-4,7-8,13-15,20,27H,2,5-6,9-12H2,1H3. The van der Waals surface area contributed by atoms with Gasteiger partial charge in [-0.2, -0.15) is 0 Å². The Morgan fingerprint density at radius 1 is 1.21 bits per heavy atom. The summed E-state index contributed by atoms with van der Waals surface area (Å²) < 4.78 is 3.01. The Hall–Kier alpha value is -3.75. The van der Waals surface area contributed by atoms with Gasteiger partial charge in [-0.25, -0.2) is 14.5 Å². The Balaban J connectivity index is 1.28. The number of aromatic amines is 1. The number of rotatable bonds is 6. The molecule has 0 spiro atoms. The molecule has 4 heterocycles. The zero-order valence-corrected chi connectivity index (χ0v) is 18.5. The van der Waals surface area contributed by atoms with Crippen LogP contribution in [0.4, 0.5) is 0 Å². The lowest BCUT2D eigenvalue weighted by Gasteiger charge is -2.24. The van der Waals surface area contributed by atoms with E-state index in [0.29, 0.717) is 48.9 Å². The number of carbonyl (C=O) groups excluding carboxylic acids is 1. The van der Waals surface area contributed by atoms with E-state index in [0.717, 1.165) is 24.2 Å². The van der Waals surface area contributed by atoms with Crippen molar-refractivity contribution in [3.8, 4) is 0 Å². The van der Waals surface area contributed by atoms with Gasteiger partial charge < -0.3 is 4.90 Å². The molecule has 1 aromatic carbocycles. The number of likely N-dealkylation sites (tertiary alicyclic amines) is 1. The van der Waals surface area contributed by atoms with Gasteiger partial charge in [-0.3, -0.25) is 24.0 Å². The van der Waals surface area contributed by atoms with Crippen LogP contribution in [0.25, 0.3) is 16.6 Å². The third-order valence-corrected chi connectivity index (χ3v) is 6.34. The van der Waals surface area contributed by atoms with E-state index >= 15 is 0 Å². The maximum atomic E-state index is 13.0. The van der Waals surface area contributed by atoms with E-state index in [4.69, 9.17) is 0 Å². The predicted molar refractivity (Wildman–Crippen MR) is 124 cm³/mol. The maximum absolute atomic E-state index is 13.0. The average molecular weight is 447 g/mol. The summed E-state index contributed by atoms with van der Waals surface area (Å²) in [6, 6.07) is 10.6. The fourth-order valence-corrected chi connectivity index (χ4v) is 4.61. The molecule has 0 radical (unpaired) electrons. The molecule has 33 heavy (non-hydrogen) atoms. The molecule has 1 aliphatic rings. The van der Waals surface area contributed by atoms with Crippen LogP contribution >= 0.6 is 0 Å². The molecule has 1 fully saturated rings. The van der Waals surface area contributed by atoms with Crippen molar-refractivity contribution in [1.29, 1.82) is 0 Å². The predicted octanol–water partition coefficient (Wildman–Crippen LogP) is 2.44. The third kappa shape index (κ3) is 3.94. The van der Waals surface area contributed by atoms with E-state index < -0.39 is 0 Å². The van der Waals surface area contributed by atoms with Crippen molar-refractivity contribution < 1.29 is 4.79 Å². The van der Waals surface area contributed by atoms with E-state index in [1.54, 1.807) is 17.0 Å². The van der Waals surface area contributed by atoms with Crippen LogP contribution in [0.2, 0.25) is 0 Å². The van der Waals surface area contributed by atoms with E-state index in [1.165, 1.54) is 10.6 Å². The second-order valence-electron chi connectivity index (χ2n) is 8.45. The minimum atomic E-state index is -0.145. The minimum Gasteiger partial charge on any atom is -0.334 e. The zero-order chi connectivity index (χ0) is 22.9. The molecule has 9 nitrogen and oxygen atoms in total. The zero-order valence-electron chi connectivity index (χ0n) is 18.5. The van der Waals surface area contributed by atoms with E-state index in [2.05, 4.69) is 15.1 Å². The highest BCUT2D eigenvalue weighted by atomic mass is 16.2. The first-order chi connectivity index (χ1) is 16.0. The number of nitrogens with one attached hydrogen (secondary N) is 1. The first-order valence-electron chi connectivity index (χ1n) is 11.4. The van der Waals surface area contributed by atoms with Gasteiger partial charge in [0.2, 0.25) is 5.91 Å². The number of hydrogen-bond acceptors (Lipinski definition) is 5. The van der Waals surface area contributed by atoms with Crippen molar-refractivity contribution in [2.45, 2.75) is 51.6 Å². The molecule has 5 rings (SSSR count). The molecule has 3 aromatic heterocycles. The minimum absolute atomic E-state index is 0.0486. The number of fused-ring (bicyclic) bond motifs is 2. The lowest BCUT2D eigenvalue weighted by Crippen LogP contribution is -2.31. The molecular formula is C24H26N6O3. The molecule has 1 aliphatic heterocycles. The van der Waals surface area contributed by atoms with Crippen molar-refractivity contribution in [2.75, 3.05) is 6.54 Å². The summed E-state index contributed by atoms with van der Waals surface area (Å²) in [7, 11) is 0. The molecule has 0 bridgehead atoms. The largest absolute Gasteiger partial charge is 0.334 e. The number of para-hydroxylation sites is 1. The average Bonchev–Trinajstić information content (AvgIpc) is 3.48. The van der Waals surface area contributed by atoms with Crippen LogP contribution in [0.3, 0.4) is 0 Å². The van der Waals surface area contributed by atoms with Crippen LogP contribution in [-0.2, 0) is 17.8 Å². The van der Waals surface area contributed by atoms with Crippen molar-refractivity contribution in [1.82, 2.24) is 29.0 Å². The monoisotopic (exact) mass is 446 g/mol. The summed E-state index contributed by atoms with van der Waals surface area (Å²) in [4.78, 5) is 48.8. The van der Waals surface area contributed by atoms with Gasteiger partial charge in [-0.1, -0.05) is 19.1 Å². The highest BCUT2D eigenvalue weighted by Gasteiger charge is 2.31.